The van der Waals surface area contributed by atoms with Crippen molar-refractivity contribution in [3.63, 3.8) is 0 Å². The maximum atomic E-state index is 13.5. The van der Waals surface area contributed by atoms with Crippen molar-refractivity contribution in [2.45, 2.75) is 68.2 Å². The second-order valence-electron chi connectivity index (χ2n) is 11.8. The summed E-state index contributed by atoms with van der Waals surface area (Å²) in [6, 6.07) is 11.2. The van der Waals surface area contributed by atoms with Gasteiger partial charge in [0, 0.05) is 29.2 Å². The van der Waals surface area contributed by atoms with Crippen molar-refractivity contribution in [3.05, 3.63) is 52.8 Å². The van der Waals surface area contributed by atoms with Crippen LogP contribution in [-0.2, 0) is 10.2 Å². The Morgan fingerprint density at radius 1 is 1.00 bits per heavy atom. The van der Waals surface area contributed by atoms with Gasteiger partial charge in [-0.3, -0.25) is 4.90 Å². The standard InChI is InChI=1S/C29H38ClFN4O3.C2HF3O2/c1-34-13-9-22(10-14-34)35-15-12-29(19-4-7-25(37-2)26(16-19)38-3)11-8-21(18-27(29)35)33-28(36)32-20-5-6-24(31)23(30)17-20;3-2(4,5)1(6)7/h4-7,16-17,21-22,27H,8-15,18H2,1-3H3,(H2,32,33,36);(H,6,7)/t21-,27+,29+;/m1./s1. The first-order valence-electron chi connectivity index (χ1n) is 14.8. The minimum atomic E-state index is -5.08. The Balaban J connectivity index is 0.000000591. The molecule has 2 aromatic carbocycles. The molecule has 2 amide bonds. The molecule has 3 N–H and O–H groups in total. The Bertz CT molecular complexity index is 1360. The van der Waals surface area contributed by atoms with Gasteiger partial charge in [0.25, 0.3) is 0 Å². The average Bonchev–Trinajstić information content (AvgIpc) is 3.38. The lowest BCUT2D eigenvalue weighted by molar-refractivity contribution is -0.192. The Hall–Kier alpha value is -3.29. The monoisotopic (exact) mass is 658 g/mol. The van der Waals surface area contributed by atoms with Crippen molar-refractivity contribution in [1.82, 2.24) is 15.1 Å². The molecule has 2 heterocycles. The highest BCUT2D eigenvalue weighted by molar-refractivity contribution is 6.31. The minimum absolute atomic E-state index is 0.00202. The van der Waals surface area contributed by atoms with Crippen LogP contribution in [0.25, 0.3) is 0 Å². The van der Waals surface area contributed by atoms with Crippen molar-refractivity contribution in [2.24, 2.45) is 0 Å². The van der Waals surface area contributed by atoms with Crippen LogP contribution in [0.1, 0.15) is 44.1 Å². The summed E-state index contributed by atoms with van der Waals surface area (Å²) in [6.07, 6.45) is 1.07. The van der Waals surface area contributed by atoms with E-state index in [0.717, 1.165) is 56.8 Å². The average molecular weight is 659 g/mol. The Labute approximate surface area is 264 Å². The molecule has 0 bridgehead atoms. The van der Waals surface area contributed by atoms with Crippen LogP contribution >= 0.6 is 11.6 Å². The molecule has 1 saturated carbocycles. The second-order valence-corrected chi connectivity index (χ2v) is 12.2. The number of benzene rings is 2. The molecule has 1 aliphatic carbocycles. The van der Waals surface area contributed by atoms with Gasteiger partial charge in [-0.25, -0.2) is 14.0 Å². The van der Waals surface area contributed by atoms with E-state index < -0.39 is 18.0 Å². The molecule has 0 unspecified atom stereocenters. The van der Waals surface area contributed by atoms with Gasteiger partial charge >= 0.3 is 18.2 Å². The number of nitrogens with zero attached hydrogens (tertiary/aromatic N) is 2. The third-order valence-electron chi connectivity index (χ3n) is 9.17. The fourth-order valence-corrected chi connectivity index (χ4v) is 7.07. The molecule has 45 heavy (non-hydrogen) atoms. The molecule has 2 saturated heterocycles. The zero-order valence-corrected chi connectivity index (χ0v) is 26.2. The lowest BCUT2D eigenvalue weighted by atomic mass is 9.65. The SMILES string of the molecule is COc1ccc([C@@]23CC[C@@H](NC(=O)Nc4ccc(F)c(Cl)c4)C[C@@H]2N(C2CCN(C)CC2)CC3)cc1OC.O=C(O)C(F)(F)F. The van der Waals surface area contributed by atoms with Gasteiger partial charge in [0.2, 0.25) is 0 Å². The van der Waals surface area contributed by atoms with E-state index in [4.69, 9.17) is 31.0 Å². The van der Waals surface area contributed by atoms with Gasteiger partial charge in [0.05, 0.1) is 19.2 Å². The number of urea groups is 1. The number of rotatable bonds is 6. The number of carboxylic acids is 1. The van der Waals surface area contributed by atoms with Crippen LogP contribution in [0.2, 0.25) is 5.02 Å². The van der Waals surface area contributed by atoms with Crippen molar-refractivity contribution in [3.8, 4) is 11.5 Å². The number of fused-ring (bicyclic) bond motifs is 1. The van der Waals surface area contributed by atoms with Gasteiger partial charge < -0.3 is 30.1 Å². The number of anilines is 1. The first-order valence-corrected chi connectivity index (χ1v) is 15.1. The van der Waals surface area contributed by atoms with E-state index in [9.17, 15) is 22.4 Å². The first kappa shape index (κ1) is 34.6. The number of hydrogen-bond acceptors (Lipinski definition) is 6. The quantitative estimate of drug-likeness (QED) is 0.332. The number of halogens is 5. The van der Waals surface area contributed by atoms with E-state index in [1.165, 1.54) is 36.6 Å². The van der Waals surface area contributed by atoms with E-state index in [2.05, 4.69) is 39.6 Å². The van der Waals surface area contributed by atoms with Gasteiger partial charge in [0.1, 0.15) is 5.82 Å². The van der Waals surface area contributed by atoms with Crippen LogP contribution in [0.5, 0.6) is 11.5 Å². The van der Waals surface area contributed by atoms with Crippen molar-refractivity contribution >= 4 is 29.3 Å². The molecule has 248 valence electrons. The summed E-state index contributed by atoms with van der Waals surface area (Å²) < 4.78 is 56.5. The normalized spacial score (nSPS) is 24.2. The number of ether oxygens (including phenoxy) is 2. The predicted octanol–water partition coefficient (Wildman–Crippen LogP) is 5.91. The Morgan fingerprint density at radius 2 is 1.67 bits per heavy atom. The second kappa shape index (κ2) is 14.4. The molecule has 0 radical (unpaired) electrons. The Kier molecular flexibility index (Phi) is 11.1. The fourth-order valence-electron chi connectivity index (χ4n) is 6.89. The maximum absolute atomic E-state index is 13.5. The summed E-state index contributed by atoms with van der Waals surface area (Å²) in [6.45, 7) is 3.28. The van der Waals surface area contributed by atoms with Crippen molar-refractivity contribution in [1.29, 1.82) is 0 Å². The Morgan fingerprint density at radius 3 is 2.27 bits per heavy atom. The number of carbonyl (C=O) groups is 2. The molecular formula is C31H39ClF4N4O5. The van der Waals surface area contributed by atoms with Crippen LogP contribution in [0.15, 0.2) is 36.4 Å². The zero-order chi connectivity index (χ0) is 32.9. The number of nitrogens with one attached hydrogen (secondary N) is 2. The van der Waals surface area contributed by atoms with E-state index >= 15 is 0 Å². The molecule has 3 fully saturated rings. The molecule has 0 aromatic heterocycles. The molecule has 3 atom stereocenters. The molecule has 2 aromatic rings. The van der Waals surface area contributed by atoms with Crippen LogP contribution in [0.3, 0.4) is 0 Å². The summed E-state index contributed by atoms with van der Waals surface area (Å²) in [5, 5.41) is 13.1. The molecule has 0 spiro atoms. The summed E-state index contributed by atoms with van der Waals surface area (Å²) >= 11 is 5.89. The first-order chi connectivity index (χ1) is 21.3. The topological polar surface area (TPSA) is 103 Å². The number of hydrogen-bond donors (Lipinski definition) is 3. The highest BCUT2D eigenvalue weighted by Crippen LogP contribution is 2.51. The number of methoxy groups -OCH3 is 2. The maximum Gasteiger partial charge on any atom is 0.490 e. The molecule has 2 aliphatic heterocycles. The number of alkyl halides is 3. The van der Waals surface area contributed by atoms with E-state index in [-0.39, 0.29) is 22.5 Å². The number of carbonyl (C=O) groups excluding carboxylic acids is 1. The number of piperidine rings is 1. The third kappa shape index (κ3) is 8.11. The summed E-state index contributed by atoms with van der Waals surface area (Å²) in [7, 11) is 5.55. The number of aliphatic carboxylic acids is 1. The van der Waals surface area contributed by atoms with Crippen LogP contribution in [0.4, 0.5) is 28.0 Å². The van der Waals surface area contributed by atoms with Gasteiger partial charge in [-0.05, 0) is 101 Å². The fraction of sp³-hybridized carbons (Fsp3) is 0.548. The summed E-state index contributed by atoms with van der Waals surface area (Å²) in [5.41, 5.74) is 1.76. The highest BCUT2D eigenvalue weighted by atomic mass is 35.5. The van der Waals surface area contributed by atoms with Crippen LogP contribution in [0, 0.1) is 5.82 Å². The minimum Gasteiger partial charge on any atom is -0.493 e. The molecular weight excluding hydrogens is 620 g/mol. The molecule has 3 aliphatic rings. The lowest BCUT2D eigenvalue weighted by Gasteiger charge is -2.48. The van der Waals surface area contributed by atoms with Crippen molar-refractivity contribution < 1.29 is 41.7 Å². The van der Waals surface area contributed by atoms with Crippen LogP contribution in [-0.4, -0.2) is 92.1 Å². The molecule has 14 heteroatoms. The molecule has 5 rings (SSSR count). The zero-order valence-electron chi connectivity index (χ0n) is 25.4. The molecule has 9 nitrogen and oxygen atoms in total. The number of amides is 2. The van der Waals surface area contributed by atoms with Crippen LogP contribution < -0.4 is 20.1 Å². The predicted molar refractivity (Wildman–Crippen MR) is 162 cm³/mol. The van der Waals surface area contributed by atoms with E-state index in [0.29, 0.717) is 17.8 Å². The van der Waals surface area contributed by atoms with E-state index in [1.54, 1.807) is 14.2 Å². The number of carboxylic acid groups (broad SMARTS) is 1. The highest BCUT2D eigenvalue weighted by Gasteiger charge is 2.53. The van der Waals surface area contributed by atoms with Gasteiger partial charge in [-0.2, -0.15) is 13.2 Å². The number of likely N-dealkylation sites (tertiary alicyclic amines) is 2. The van der Waals surface area contributed by atoms with Gasteiger partial charge in [-0.1, -0.05) is 17.7 Å². The lowest BCUT2D eigenvalue weighted by Crippen LogP contribution is -2.56. The smallest absolute Gasteiger partial charge is 0.490 e. The third-order valence-corrected chi connectivity index (χ3v) is 9.46. The van der Waals surface area contributed by atoms with Gasteiger partial charge in [0.15, 0.2) is 11.5 Å². The largest absolute Gasteiger partial charge is 0.493 e. The van der Waals surface area contributed by atoms with E-state index in [1.807, 2.05) is 6.07 Å². The summed E-state index contributed by atoms with van der Waals surface area (Å²) in [5.74, 6) is -1.77. The summed E-state index contributed by atoms with van der Waals surface area (Å²) in [4.78, 5) is 26.9. The van der Waals surface area contributed by atoms with Gasteiger partial charge in [-0.15, -0.1) is 0 Å². The van der Waals surface area contributed by atoms with Crippen molar-refractivity contribution in [2.75, 3.05) is 46.2 Å².